The Morgan fingerprint density at radius 1 is 1.41 bits per heavy atom. The first kappa shape index (κ1) is 21.3. The molecule has 27 heavy (non-hydrogen) atoms. The number of carbonyl (C=O) groups excluding carboxylic acids is 1. The Kier molecular flexibility index (Phi) is 6.22. The molecule has 0 unspecified atom stereocenters. The molecule has 0 aliphatic carbocycles. The van der Waals surface area contributed by atoms with Crippen LogP contribution in [-0.2, 0) is 24.7 Å². The number of nitrogens with zero attached hydrogens (tertiary/aromatic N) is 2. The summed E-state index contributed by atoms with van der Waals surface area (Å²) >= 11 is 0. The van der Waals surface area contributed by atoms with E-state index in [9.17, 15) is 31.7 Å². The Balaban J connectivity index is 2.19. The number of non-ortho nitro benzene ring substituents is 1. The molecule has 1 amide bonds. The highest BCUT2D eigenvalue weighted by atomic mass is 32.2. The number of aryl methyl sites for hydroxylation is 1. The van der Waals surface area contributed by atoms with Crippen LogP contribution in [0.1, 0.15) is 18.9 Å². The molecule has 0 radical (unpaired) electrons. The molecule has 12 heteroatoms. The highest BCUT2D eigenvalue weighted by Crippen LogP contribution is 2.24. The van der Waals surface area contributed by atoms with E-state index >= 15 is 0 Å². The van der Waals surface area contributed by atoms with Crippen LogP contribution in [0.25, 0.3) is 0 Å². The third-order valence-electron chi connectivity index (χ3n) is 4.27. The number of sulfonamides is 1. The van der Waals surface area contributed by atoms with Gasteiger partial charge in [-0.25, -0.2) is 16.8 Å². The number of hydrogen-bond acceptors (Lipinski definition) is 7. The normalized spacial score (nSPS) is 19.1. The van der Waals surface area contributed by atoms with Crippen LogP contribution in [0.4, 0.5) is 5.69 Å². The van der Waals surface area contributed by atoms with Crippen LogP contribution in [0.5, 0.6) is 0 Å². The first-order chi connectivity index (χ1) is 12.5. The third kappa shape index (κ3) is 5.02. The van der Waals surface area contributed by atoms with Gasteiger partial charge >= 0.3 is 0 Å². The van der Waals surface area contributed by atoms with E-state index in [0.717, 1.165) is 10.4 Å². The van der Waals surface area contributed by atoms with E-state index in [2.05, 4.69) is 5.32 Å². The van der Waals surface area contributed by atoms with Crippen LogP contribution in [-0.4, -0.2) is 62.6 Å². The van der Waals surface area contributed by atoms with Gasteiger partial charge in [-0.15, -0.1) is 0 Å². The van der Waals surface area contributed by atoms with Crippen molar-refractivity contribution in [3.8, 4) is 0 Å². The molecule has 0 saturated carbocycles. The van der Waals surface area contributed by atoms with Crippen molar-refractivity contribution in [2.75, 3.05) is 24.6 Å². The SMILES string of the molecule is CCN(CC(=O)N[C@@H]1CCS(=O)(=O)C1)S(=O)(=O)c1cc([N+](=O)[O-])ccc1C. The minimum atomic E-state index is -4.14. The molecule has 1 aliphatic rings. The molecular formula is C15H21N3O7S2. The number of nitro groups is 1. The van der Waals surface area contributed by atoms with Crippen molar-refractivity contribution in [3.63, 3.8) is 0 Å². The van der Waals surface area contributed by atoms with Crippen molar-refractivity contribution in [1.82, 2.24) is 9.62 Å². The van der Waals surface area contributed by atoms with Crippen LogP contribution in [0.15, 0.2) is 23.1 Å². The van der Waals surface area contributed by atoms with Crippen molar-refractivity contribution < 1.29 is 26.6 Å². The molecule has 0 bridgehead atoms. The van der Waals surface area contributed by atoms with Crippen LogP contribution in [0.3, 0.4) is 0 Å². The number of nitro benzene ring substituents is 1. The van der Waals surface area contributed by atoms with Crippen LogP contribution < -0.4 is 5.32 Å². The topological polar surface area (TPSA) is 144 Å². The molecular weight excluding hydrogens is 398 g/mol. The van der Waals surface area contributed by atoms with Gasteiger partial charge in [0.15, 0.2) is 9.84 Å². The summed E-state index contributed by atoms with van der Waals surface area (Å²) < 4.78 is 49.5. The van der Waals surface area contributed by atoms with Gasteiger partial charge in [-0.1, -0.05) is 13.0 Å². The second-order valence-electron chi connectivity index (χ2n) is 6.31. The van der Waals surface area contributed by atoms with Gasteiger partial charge in [-0.3, -0.25) is 14.9 Å². The summed E-state index contributed by atoms with van der Waals surface area (Å²) in [6, 6.07) is 2.97. The van der Waals surface area contributed by atoms with Crippen molar-refractivity contribution in [2.45, 2.75) is 31.2 Å². The summed E-state index contributed by atoms with van der Waals surface area (Å²) in [6.45, 7) is 2.52. The fourth-order valence-corrected chi connectivity index (χ4v) is 6.15. The predicted molar refractivity (Wildman–Crippen MR) is 97.5 cm³/mol. The lowest BCUT2D eigenvalue weighted by atomic mass is 10.2. The Morgan fingerprint density at radius 3 is 2.59 bits per heavy atom. The van der Waals surface area contributed by atoms with Gasteiger partial charge in [0, 0.05) is 24.7 Å². The number of nitrogens with one attached hydrogen (secondary N) is 1. The summed E-state index contributed by atoms with van der Waals surface area (Å²) in [5.74, 6) is -0.798. The average Bonchev–Trinajstić information content (AvgIpc) is 2.90. The highest BCUT2D eigenvalue weighted by Gasteiger charge is 2.32. The van der Waals surface area contributed by atoms with Crippen LogP contribution in [0.2, 0.25) is 0 Å². The molecule has 1 aliphatic heterocycles. The summed E-state index contributed by atoms with van der Waals surface area (Å²) in [6.07, 6.45) is 0.289. The Morgan fingerprint density at radius 2 is 2.07 bits per heavy atom. The summed E-state index contributed by atoms with van der Waals surface area (Å²) in [5.41, 5.74) is -0.0443. The van der Waals surface area contributed by atoms with Gasteiger partial charge in [0.25, 0.3) is 5.69 Å². The van der Waals surface area contributed by atoms with E-state index in [1.807, 2.05) is 0 Å². The minimum Gasteiger partial charge on any atom is -0.351 e. The Bertz CT molecular complexity index is 958. The lowest BCUT2D eigenvalue weighted by molar-refractivity contribution is -0.385. The van der Waals surface area contributed by atoms with Crippen LogP contribution >= 0.6 is 0 Å². The molecule has 1 saturated heterocycles. The van der Waals surface area contributed by atoms with Gasteiger partial charge in [-0.2, -0.15) is 4.31 Å². The lowest BCUT2D eigenvalue weighted by Crippen LogP contribution is -2.44. The molecule has 1 aromatic carbocycles. The Labute approximate surface area is 157 Å². The average molecular weight is 419 g/mol. The molecule has 1 N–H and O–H groups in total. The maximum Gasteiger partial charge on any atom is 0.270 e. The molecule has 1 fully saturated rings. The van der Waals surface area contributed by atoms with E-state index in [1.165, 1.54) is 26.0 Å². The molecule has 1 heterocycles. The number of hydrogen-bond donors (Lipinski definition) is 1. The second-order valence-corrected chi connectivity index (χ2v) is 10.4. The molecule has 0 aromatic heterocycles. The zero-order valence-electron chi connectivity index (χ0n) is 14.9. The quantitative estimate of drug-likeness (QED) is 0.491. The Hall–Kier alpha value is -2.05. The molecule has 1 aromatic rings. The van der Waals surface area contributed by atoms with Crippen molar-refractivity contribution in [1.29, 1.82) is 0 Å². The van der Waals surface area contributed by atoms with E-state index in [0.29, 0.717) is 5.56 Å². The number of rotatable bonds is 7. The van der Waals surface area contributed by atoms with Gasteiger partial charge in [0.1, 0.15) is 0 Å². The number of amides is 1. The second kappa shape index (κ2) is 7.90. The maximum absolute atomic E-state index is 12.9. The lowest BCUT2D eigenvalue weighted by Gasteiger charge is -2.22. The largest absolute Gasteiger partial charge is 0.351 e. The predicted octanol–water partition coefficient (Wildman–Crippen LogP) is 0.217. The third-order valence-corrected chi connectivity index (χ3v) is 8.10. The fourth-order valence-electron chi connectivity index (χ4n) is 2.83. The highest BCUT2D eigenvalue weighted by molar-refractivity contribution is 7.91. The molecule has 0 spiro atoms. The van der Waals surface area contributed by atoms with Gasteiger partial charge in [-0.05, 0) is 18.9 Å². The molecule has 1 atom stereocenters. The summed E-state index contributed by atoms with van der Waals surface area (Å²) in [4.78, 5) is 22.2. The maximum atomic E-state index is 12.9. The monoisotopic (exact) mass is 419 g/mol. The standard InChI is InChI=1S/C15H21N3O7S2/c1-3-17(9-15(19)16-12-6-7-26(22,23)10-12)27(24,25)14-8-13(18(20)21)5-4-11(14)2/h4-5,8,12H,3,6-7,9-10H2,1-2H3,(H,16,19)/t12-/m1/s1. The zero-order chi connectivity index (χ0) is 20.4. The number of carbonyl (C=O) groups is 1. The van der Waals surface area contributed by atoms with E-state index in [1.54, 1.807) is 0 Å². The molecule has 2 rings (SSSR count). The van der Waals surface area contributed by atoms with Crippen molar-refractivity contribution in [2.24, 2.45) is 0 Å². The van der Waals surface area contributed by atoms with E-state index in [4.69, 9.17) is 0 Å². The van der Waals surface area contributed by atoms with Crippen LogP contribution in [0, 0.1) is 17.0 Å². The summed E-state index contributed by atoms with van der Waals surface area (Å²) in [5, 5.41) is 13.5. The zero-order valence-corrected chi connectivity index (χ0v) is 16.5. The number of sulfone groups is 1. The minimum absolute atomic E-state index is 0.0133. The number of benzene rings is 1. The van der Waals surface area contributed by atoms with E-state index in [-0.39, 0.29) is 35.1 Å². The van der Waals surface area contributed by atoms with Crippen molar-refractivity contribution >= 4 is 31.5 Å². The van der Waals surface area contributed by atoms with E-state index < -0.39 is 43.3 Å². The van der Waals surface area contributed by atoms with Gasteiger partial charge in [0.2, 0.25) is 15.9 Å². The fraction of sp³-hybridized carbons (Fsp3) is 0.533. The number of likely N-dealkylation sites (N-methyl/N-ethyl adjacent to an activating group) is 1. The molecule has 10 nitrogen and oxygen atoms in total. The van der Waals surface area contributed by atoms with Crippen molar-refractivity contribution in [3.05, 3.63) is 33.9 Å². The first-order valence-electron chi connectivity index (χ1n) is 8.21. The summed E-state index contributed by atoms with van der Waals surface area (Å²) in [7, 11) is -7.32. The van der Waals surface area contributed by atoms with Gasteiger partial charge in [0.05, 0.1) is 27.9 Å². The molecule has 150 valence electrons. The van der Waals surface area contributed by atoms with Gasteiger partial charge < -0.3 is 5.32 Å². The first-order valence-corrected chi connectivity index (χ1v) is 11.5. The smallest absolute Gasteiger partial charge is 0.270 e.